The number of aromatic nitrogens is 2. The SMILES string of the molecule is CCSc1nn(C(=O)OCc2ccccc2)c(=NC(=O)N(C)C)s1. The summed E-state index contributed by atoms with van der Waals surface area (Å²) < 4.78 is 6.95. The Morgan fingerprint density at radius 3 is 2.67 bits per heavy atom. The van der Waals surface area contributed by atoms with Crippen LogP contribution in [0.15, 0.2) is 39.7 Å². The fourth-order valence-corrected chi connectivity index (χ4v) is 3.40. The maximum atomic E-state index is 12.3. The van der Waals surface area contributed by atoms with Gasteiger partial charge in [0.25, 0.3) is 0 Å². The van der Waals surface area contributed by atoms with Gasteiger partial charge in [0.1, 0.15) is 6.61 Å². The highest BCUT2D eigenvalue weighted by Crippen LogP contribution is 2.17. The maximum Gasteiger partial charge on any atom is 0.437 e. The molecule has 0 spiro atoms. The summed E-state index contributed by atoms with van der Waals surface area (Å²) in [6.45, 7) is 2.10. The van der Waals surface area contributed by atoms with Gasteiger partial charge < -0.3 is 9.64 Å². The molecule has 7 nitrogen and oxygen atoms in total. The van der Waals surface area contributed by atoms with Crippen LogP contribution in [0.4, 0.5) is 9.59 Å². The predicted molar refractivity (Wildman–Crippen MR) is 93.2 cm³/mol. The molecular formula is C15H18N4O3S2. The molecule has 0 saturated heterocycles. The number of thioether (sulfide) groups is 1. The molecule has 0 aliphatic rings. The molecule has 2 amide bonds. The third kappa shape index (κ3) is 4.93. The van der Waals surface area contributed by atoms with E-state index in [0.717, 1.165) is 16.0 Å². The zero-order chi connectivity index (χ0) is 17.5. The fourth-order valence-electron chi connectivity index (χ4n) is 1.60. The highest BCUT2D eigenvalue weighted by Gasteiger charge is 2.15. The number of hydrogen-bond acceptors (Lipinski definition) is 6. The summed E-state index contributed by atoms with van der Waals surface area (Å²) in [6, 6.07) is 8.88. The third-order valence-corrected chi connectivity index (χ3v) is 4.69. The number of ether oxygens (including phenoxy) is 1. The predicted octanol–water partition coefficient (Wildman–Crippen LogP) is 2.82. The lowest BCUT2D eigenvalue weighted by molar-refractivity contribution is 0.136. The molecule has 9 heteroatoms. The Labute approximate surface area is 148 Å². The second kappa shape index (κ2) is 8.65. The summed E-state index contributed by atoms with van der Waals surface area (Å²) in [4.78, 5) is 29.5. The van der Waals surface area contributed by atoms with E-state index in [1.54, 1.807) is 14.1 Å². The lowest BCUT2D eigenvalue weighted by atomic mass is 10.2. The molecule has 0 aliphatic heterocycles. The number of amides is 2. The molecule has 24 heavy (non-hydrogen) atoms. The van der Waals surface area contributed by atoms with E-state index in [1.807, 2.05) is 37.3 Å². The molecule has 0 aliphatic carbocycles. The van der Waals surface area contributed by atoms with Crippen molar-refractivity contribution >= 4 is 35.2 Å². The van der Waals surface area contributed by atoms with Crippen LogP contribution in [0.5, 0.6) is 0 Å². The molecule has 2 rings (SSSR count). The molecule has 0 atom stereocenters. The first-order valence-electron chi connectivity index (χ1n) is 7.21. The van der Waals surface area contributed by atoms with Crippen molar-refractivity contribution in [2.45, 2.75) is 17.9 Å². The van der Waals surface area contributed by atoms with Crippen LogP contribution in [-0.4, -0.2) is 46.7 Å². The number of carbonyl (C=O) groups is 2. The van der Waals surface area contributed by atoms with Crippen LogP contribution < -0.4 is 4.80 Å². The summed E-state index contributed by atoms with van der Waals surface area (Å²) in [7, 11) is 3.18. The van der Waals surface area contributed by atoms with E-state index in [2.05, 4.69) is 10.1 Å². The molecule has 0 unspecified atom stereocenters. The topological polar surface area (TPSA) is 76.8 Å². The van der Waals surface area contributed by atoms with Crippen LogP contribution >= 0.6 is 23.1 Å². The van der Waals surface area contributed by atoms with Gasteiger partial charge in [-0.25, -0.2) is 9.59 Å². The average Bonchev–Trinajstić information content (AvgIpc) is 2.96. The van der Waals surface area contributed by atoms with Crippen molar-refractivity contribution in [1.82, 2.24) is 14.7 Å². The van der Waals surface area contributed by atoms with Crippen LogP contribution in [0, 0.1) is 0 Å². The molecule has 128 valence electrons. The summed E-state index contributed by atoms with van der Waals surface area (Å²) in [5, 5.41) is 4.18. The molecule has 0 bridgehead atoms. The van der Waals surface area contributed by atoms with Gasteiger partial charge in [-0.1, -0.05) is 60.4 Å². The minimum absolute atomic E-state index is 0.127. The highest BCUT2D eigenvalue weighted by atomic mass is 32.2. The fraction of sp³-hybridized carbons (Fsp3) is 0.333. The Bertz CT molecular complexity index is 769. The second-order valence-electron chi connectivity index (χ2n) is 4.82. The van der Waals surface area contributed by atoms with Crippen molar-refractivity contribution in [1.29, 1.82) is 0 Å². The third-order valence-electron chi connectivity index (χ3n) is 2.76. The minimum Gasteiger partial charge on any atom is -0.443 e. The van der Waals surface area contributed by atoms with E-state index in [-0.39, 0.29) is 11.4 Å². The molecule has 0 saturated carbocycles. The Balaban J connectivity index is 2.23. The molecule has 1 aromatic carbocycles. The van der Waals surface area contributed by atoms with Gasteiger partial charge >= 0.3 is 12.1 Å². The Morgan fingerprint density at radius 2 is 2.04 bits per heavy atom. The maximum absolute atomic E-state index is 12.3. The summed E-state index contributed by atoms with van der Waals surface area (Å²) in [6.07, 6.45) is -0.664. The second-order valence-corrected chi connectivity index (χ2v) is 7.29. The first kappa shape index (κ1) is 18.2. The molecule has 1 heterocycles. The number of hydrogen-bond donors (Lipinski definition) is 0. The van der Waals surface area contributed by atoms with Gasteiger partial charge in [0.2, 0.25) is 4.80 Å². The molecule has 0 radical (unpaired) electrons. The van der Waals surface area contributed by atoms with Gasteiger partial charge in [-0.3, -0.25) is 0 Å². The molecule has 2 aromatic rings. The lowest BCUT2D eigenvalue weighted by Gasteiger charge is -2.05. The standard InChI is InChI=1S/C15H18N4O3S2/c1-4-23-14-17-19(13(24-14)16-12(20)18(2)3)15(21)22-10-11-8-6-5-7-9-11/h5-9H,4,10H2,1-3H3. The Kier molecular flexibility index (Phi) is 6.56. The smallest absolute Gasteiger partial charge is 0.437 e. The minimum atomic E-state index is -0.664. The van der Waals surface area contributed by atoms with E-state index in [1.165, 1.54) is 28.0 Å². The number of nitrogens with zero attached hydrogens (tertiary/aromatic N) is 4. The Morgan fingerprint density at radius 1 is 1.33 bits per heavy atom. The van der Waals surface area contributed by atoms with E-state index in [4.69, 9.17) is 4.74 Å². The largest absolute Gasteiger partial charge is 0.443 e. The average molecular weight is 366 g/mol. The van der Waals surface area contributed by atoms with Gasteiger partial charge in [0, 0.05) is 14.1 Å². The first-order chi connectivity index (χ1) is 11.5. The van der Waals surface area contributed by atoms with E-state index >= 15 is 0 Å². The van der Waals surface area contributed by atoms with Crippen molar-refractivity contribution < 1.29 is 14.3 Å². The van der Waals surface area contributed by atoms with Crippen LogP contribution in [0.25, 0.3) is 0 Å². The first-order valence-corrected chi connectivity index (χ1v) is 9.01. The molecule has 0 N–H and O–H groups in total. The van der Waals surface area contributed by atoms with Gasteiger partial charge in [-0.15, -0.1) is 9.78 Å². The van der Waals surface area contributed by atoms with Gasteiger partial charge in [-0.05, 0) is 11.3 Å². The van der Waals surface area contributed by atoms with Crippen LogP contribution in [-0.2, 0) is 11.3 Å². The number of rotatable bonds is 4. The zero-order valence-corrected chi connectivity index (χ0v) is 15.3. The highest BCUT2D eigenvalue weighted by molar-refractivity contribution is 8.00. The number of urea groups is 1. The van der Waals surface area contributed by atoms with Crippen molar-refractivity contribution in [3.05, 3.63) is 40.7 Å². The summed E-state index contributed by atoms with van der Waals surface area (Å²) in [5.74, 6) is 0.799. The van der Waals surface area contributed by atoms with Gasteiger partial charge in [0.15, 0.2) is 4.34 Å². The molecular weight excluding hydrogens is 348 g/mol. The van der Waals surface area contributed by atoms with E-state index in [9.17, 15) is 9.59 Å². The monoisotopic (exact) mass is 366 g/mol. The van der Waals surface area contributed by atoms with Crippen LogP contribution in [0.2, 0.25) is 0 Å². The summed E-state index contributed by atoms with van der Waals surface area (Å²) in [5.41, 5.74) is 0.868. The quantitative estimate of drug-likeness (QED) is 0.778. The van der Waals surface area contributed by atoms with Crippen molar-refractivity contribution in [3.8, 4) is 0 Å². The van der Waals surface area contributed by atoms with Crippen LogP contribution in [0.3, 0.4) is 0 Å². The summed E-state index contributed by atoms with van der Waals surface area (Å²) >= 11 is 2.65. The van der Waals surface area contributed by atoms with E-state index in [0.29, 0.717) is 4.34 Å². The van der Waals surface area contributed by atoms with E-state index < -0.39 is 12.1 Å². The zero-order valence-electron chi connectivity index (χ0n) is 13.6. The van der Waals surface area contributed by atoms with Crippen molar-refractivity contribution in [3.63, 3.8) is 0 Å². The Hall–Kier alpha value is -2.13. The van der Waals surface area contributed by atoms with Gasteiger partial charge in [-0.2, -0.15) is 4.99 Å². The molecule has 0 fully saturated rings. The molecule has 1 aromatic heterocycles. The number of benzene rings is 1. The van der Waals surface area contributed by atoms with Gasteiger partial charge in [0.05, 0.1) is 0 Å². The number of carbonyl (C=O) groups excluding carboxylic acids is 2. The van der Waals surface area contributed by atoms with Crippen LogP contribution in [0.1, 0.15) is 12.5 Å². The lowest BCUT2D eigenvalue weighted by Crippen LogP contribution is -2.29. The normalized spacial score (nSPS) is 11.4. The van der Waals surface area contributed by atoms with Crippen molar-refractivity contribution in [2.75, 3.05) is 19.8 Å². The van der Waals surface area contributed by atoms with Crippen molar-refractivity contribution in [2.24, 2.45) is 4.99 Å².